The fraction of sp³-hybridized carbons (Fsp3) is 0. The van der Waals surface area contributed by atoms with Crippen molar-refractivity contribution in [3.8, 4) is 28.5 Å². The summed E-state index contributed by atoms with van der Waals surface area (Å²) >= 11 is 7.40. The molecule has 0 amide bonds. The summed E-state index contributed by atoms with van der Waals surface area (Å²) in [5.74, 6) is -0.725. The molecule has 0 saturated carbocycles. The van der Waals surface area contributed by atoms with Gasteiger partial charge >= 0.3 is 25.4 Å². The number of carboxylic acid groups (broad SMARTS) is 1. The van der Waals surface area contributed by atoms with Gasteiger partial charge in [-0.3, -0.25) is 24.7 Å². The van der Waals surface area contributed by atoms with Gasteiger partial charge in [-0.15, -0.1) is 0 Å². The molecular weight excluding hydrogens is 794 g/mol. The number of thiocarbonyl (C=S) groups is 2. The zero-order valence-electron chi connectivity index (χ0n) is 27.6. The summed E-state index contributed by atoms with van der Waals surface area (Å²) in [5, 5.41) is 25.8. The van der Waals surface area contributed by atoms with Crippen molar-refractivity contribution in [2.45, 2.75) is 0 Å². The molecule has 262 valence electrons. The molecule has 4 aromatic heterocycles. The molecule has 10 nitrogen and oxygen atoms in total. The summed E-state index contributed by atoms with van der Waals surface area (Å²) in [6, 6.07) is 34.5. The quantitative estimate of drug-likeness (QED) is 0.0645. The summed E-state index contributed by atoms with van der Waals surface area (Å²) in [4.78, 5) is 38.1. The molecule has 1 N–H and O–H groups in total. The number of hydrogen-bond acceptors (Lipinski definition) is 9. The average Bonchev–Trinajstić information content (AvgIpc) is 3.18. The molecule has 0 aliphatic carbocycles. The molecule has 0 spiro atoms. The van der Waals surface area contributed by atoms with Crippen molar-refractivity contribution in [2.24, 2.45) is 0 Å². The Bertz CT molecular complexity index is 2090. The first-order chi connectivity index (χ1) is 25.4. The summed E-state index contributed by atoms with van der Waals surface area (Å²) in [6.07, 6.45) is 14.9. The second-order valence-corrected chi connectivity index (χ2v) is 10.3. The molecular formula is C40H28N6O4RuS2. The maximum atomic E-state index is 10.8. The summed E-state index contributed by atoms with van der Waals surface area (Å²) in [5.41, 5.74) is 7.21. The van der Waals surface area contributed by atoms with Gasteiger partial charge in [0.2, 0.25) is 0 Å². The number of benzene rings is 2. The van der Waals surface area contributed by atoms with Crippen LogP contribution in [0, 0.1) is 0 Å². The molecule has 0 aliphatic rings. The van der Waals surface area contributed by atoms with Crippen LogP contribution in [-0.4, -0.2) is 47.8 Å². The Hall–Kier alpha value is -6.32. The Morgan fingerprint density at radius 1 is 0.585 bits per heavy atom. The molecule has 0 aliphatic heterocycles. The number of nitrogens with zero attached hydrogens (tertiary/aromatic N) is 6. The zero-order chi connectivity index (χ0) is 37.4. The van der Waals surface area contributed by atoms with Crippen LogP contribution >= 0.6 is 24.4 Å². The molecule has 0 radical (unpaired) electrons. The van der Waals surface area contributed by atoms with Crippen molar-refractivity contribution < 1.29 is 38.9 Å². The van der Waals surface area contributed by atoms with Crippen LogP contribution in [0.4, 0.5) is 0 Å². The fourth-order valence-corrected chi connectivity index (χ4v) is 4.28. The fourth-order valence-electron chi connectivity index (χ4n) is 4.28. The number of carboxylic acids is 1. The van der Waals surface area contributed by atoms with E-state index >= 15 is 0 Å². The van der Waals surface area contributed by atoms with E-state index < -0.39 is 5.97 Å². The van der Waals surface area contributed by atoms with Crippen molar-refractivity contribution in [2.75, 3.05) is 0 Å². The van der Waals surface area contributed by atoms with E-state index in [9.17, 15) is 9.59 Å². The maximum Gasteiger partial charge on any atom is 2.00 e. The van der Waals surface area contributed by atoms with Gasteiger partial charge in [0, 0.05) is 30.9 Å². The van der Waals surface area contributed by atoms with E-state index in [4.69, 9.17) is 15.9 Å². The predicted octanol–water partition coefficient (Wildman–Crippen LogP) is 9.18. The molecule has 0 unspecified atom stereocenters. The van der Waals surface area contributed by atoms with E-state index in [0.29, 0.717) is 23.6 Å². The second kappa shape index (κ2) is 24.8. The van der Waals surface area contributed by atoms with E-state index in [-0.39, 0.29) is 25.0 Å². The Morgan fingerprint density at radius 2 is 0.962 bits per heavy atom. The van der Waals surface area contributed by atoms with Gasteiger partial charge in [0.15, 0.2) is 0 Å². The molecule has 6 aromatic rings. The minimum absolute atomic E-state index is 0. The van der Waals surface area contributed by atoms with Crippen LogP contribution < -0.4 is 4.74 Å². The van der Waals surface area contributed by atoms with E-state index in [2.05, 4.69) is 110 Å². The maximum absolute atomic E-state index is 10.8. The van der Waals surface area contributed by atoms with E-state index in [1.807, 2.05) is 60.9 Å². The van der Waals surface area contributed by atoms with Crippen molar-refractivity contribution in [1.82, 2.24) is 19.9 Å². The van der Waals surface area contributed by atoms with Crippen LogP contribution in [0.2, 0.25) is 0 Å². The number of ether oxygens (including phenoxy) is 1. The van der Waals surface area contributed by atoms with Crippen LogP contribution in [0.5, 0.6) is 5.75 Å². The Balaban J connectivity index is 0.000000335. The van der Waals surface area contributed by atoms with Gasteiger partial charge in [-0.2, -0.15) is 10.3 Å². The van der Waals surface area contributed by atoms with E-state index in [0.717, 1.165) is 22.5 Å². The topological polar surface area (TPSA) is 160 Å². The molecule has 6 rings (SSSR count). The smallest absolute Gasteiger partial charge is 0.753 e. The number of carbonyl (C=O) groups is 2. The number of aromatic nitrogens is 4. The monoisotopic (exact) mass is 822 g/mol. The summed E-state index contributed by atoms with van der Waals surface area (Å²) in [6.45, 7) is 0.306. The second-order valence-electron chi connectivity index (χ2n) is 9.95. The minimum Gasteiger partial charge on any atom is -0.753 e. The van der Waals surface area contributed by atoms with Gasteiger partial charge in [0.25, 0.3) is 6.47 Å². The van der Waals surface area contributed by atoms with Crippen molar-refractivity contribution >= 4 is 71.5 Å². The van der Waals surface area contributed by atoms with Gasteiger partial charge in [0.05, 0.1) is 28.3 Å². The normalized spacial score (nSPS) is 9.58. The van der Waals surface area contributed by atoms with Gasteiger partial charge in [-0.1, -0.05) is 109 Å². The number of isothiocyanates is 2. The largest absolute Gasteiger partial charge is 2.00 e. The SMILES string of the molecule is C(=C\c1ccnc(-c2cc(/C=C/c3ccccc3)ccn2)c1)/c1ccccc1.O=COc1ccnc(-c2cc(C(=O)O)ccn2)c1.[N-]=C=S.[N-]=C=S.[Ru+2]. The summed E-state index contributed by atoms with van der Waals surface area (Å²) in [7, 11) is 0. The first-order valence-electron chi connectivity index (χ1n) is 15.1. The van der Waals surface area contributed by atoms with Crippen LogP contribution in [0.3, 0.4) is 0 Å². The summed E-state index contributed by atoms with van der Waals surface area (Å²) < 4.78 is 4.68. The van der Waals surface area contributed by atoms with E-state index in [1.165, 1.54) is 58.1 Å². The van der Waals surface area contributed by atoms with Crippen LogP contribution in [0.25, 0.3) is 57.9 Å². The van der Waals surface area contributed by atoms with Gasteiger partial charge in [0.1, 0.15) is 5.75 Å². The first-order valence-corrected chi connectivity index (χ1v) is 15.9. The molecule has 2 aromatic carbocycles. The number of aromatic carboxylic acids is 1. The molecule has 0 fully saturated rings. The third-order valence-electron chi connectivity index (χ3n) is 6.55. The first kappa shape index (κ1) is 42.8. The van der Waals surface area contributed by atoms with Crippen LogP contribution in [0.15, 0.2) is 134 Å². The molecule has 0 atom stereocenters. The number of hydrogen-bond donors (Lipinski definition) is 1. The number of pyridine rings is 4. The third-order valence-corrected chi connectivity index (χ3v) is 6.55. The Labute approximate surface area is 329 Å². The van der Waals surface area contributed by atoms with Gasteiger partial charge in [-0.05, 0) is 64.7 Å². The Morgan fingerprint density at radius 3 is 1.40 bits per heavy atom. The average molecular weight is 822 g/mol. The van der Waals surface area contributed by atoms with Crippen LogP contribution in [0.1, 0.15) is 32.6 Å². The predicted molar refractivity (Wildman–Crippen MR) is 211 cm³/mol. The van der Waals surface area contributed by atoms with E-state index in [1.54, 1.807) is 0 Å². The zero-order valence-corrected chi connectivity index (χ0v) is 31.0. The standard InChI is InChI=1S/C26H20N2.C12H8N2O4.2CNS.Ru/c1-3-7-21(8-4-1)11-13-23-15-17-27-25(19-23)26-20-24(16-18-28-26)14-12-22-9-5-2-6-10-22;15-7-18-9-2-4-14-11(6-9)10-5-8(12(16)17)1-3-13-10;2*2-1-3;/h1-20H;1-7H,(H,16,17);;;/q;;2*-1;+2/b13-11+,14-12+;;;;. The Kier molecular flexibility index (Phi) is 20.0. The molecule has 13 heteroatoms. The van der Waals surface area contributed by atoms with Crippen molar-refractivity contribution in [1.29, 1.82) is 0 Å². The molecule has 0 bridgehead atoms. The van der Waals surface area contributed by atoms with Gasteiger partial charge in [-0.25, -0.2) is 4.79 Å². The van der Waals surface area contributed by atoms with Crippen LogP contribution in [-0.2, 0) is 24.3 Å². The van der Waals surface area contributed by atoms with Gasteiger partial charge < -0.3 is 20.7 Å². The number of rotatable bonds is 9. The number of carbonyl (C=O) groups excluding carboxylic acids is 1. The minimum atomic E-state index is -1.04. The third kappa shape index (κ3) is 15.6. The molecule has 53 heavy (non-hydrogen) atoms. The molecule has 4 heterocycles. The van der Waals surface area contributed by atoms with Crippen molar-refractivity contribution in [3.05, 3.63) is 173 Å². The molecule has 0 saturated heterocycles. The van der Waals surface area contributed by atoms with Crippen molar-refractivity contribution in [3.63, 3.8) is 0 Å².